The maximum absolute atomic E-state index is 8.98. The van der Waals surface area contributed by atoms with Crippen molar-refractivity contribution in [2.45, 2.75) is 19.9 Å². The lowest BCUT2D eigenvalue weighted by atomic mass is 9.95. The number of hydrogen-bond acceptors (Lipinski definition) is 2. The van der Waals surface area contributed by atoms with Gasteiger partial charge in [-0.25, -0.2) is 0 Å². The molecule has 1 aliphatic heterocycles. The van der Waals surface area contributed by atoms with Gasteiger partial charge in [0.05, 0.1) is 6.07 Å². The van der Waals surface area contributed by atoms with E-state index in [0.717, 1.165) is 25.6 Å². The van der Waals surface area contributed by atoms with Gasteiger partial charge in [-0.15, -0.1) is 0 Å². The summed E-state index contributed by atoms with van der Waals surface area (Å²) in [5.74, 6) is 0.740. The van der Waals surface area contributed by atoms with Crippen LogP contribution in [0.25, 0.3) is 0 Å². The van der Waals surface area contributed by atoms with Crippen LogP contribution in [-0.4, -0.2) is 18.0 Å². The molecule has 2 fully saturated rings. The first-order valence-electron chi connectivity index (χ1n) is 7.88. The van der Waals surface area contributed by atoms with Gasteiger partial charge in [0.1, 0.15) is 0 Å². The average Bonchev–Trinajstić information content (AvgIpc) is 3.12. The Bertz CT molecular complexity index is 663. The van der Waals surface area contributed by atoms with Crippen LogP contribution in [0.2, 0.25) is 0 Å². The molecule has 1 aliphatic carbocycles. The number of allylic oxidation sites excluding steroid dienone is 4. The first-order chi connectivity index (χ1) is 10.7. The quantitative estimate of drug-likeness (QED) is 0.603. The van der Waals surface area contributed by atoms with Crippen molar-refractivity contribution in [1.29, 1.82) is 5.26 Å². The van der Waals surface area contributed by atoms with Gasteiger partial charge in [0, 0.05) is 30.6 Å². The smallest absolute Gasteiger partial charge is 0.0988 e. The van der Waals surface area contributed by atoms with Gasteiger partial charge in [-0.2, -0.15) is 5.26 Å². The Kier molecular flexibility index (Phi) is 4.00. The Hall–Kier alpha value is -2.11. The van der Waals surface area contributed by atoms with E-state index in [-0.39, 0.29) is 5.41 Å². The SMILES string of the molecule is C=C(/C=C\C(C#N)=C/C)[C@@]12C[C@@H]1CN(Cc1ccccc1)C2. The standard InChI is InChI=1S/C20H22N2/c1-3-17(12-21)10-9-16(2)20-11-19(20)14-22(15-20)13-18-7-5-4-6-8-18/h3-10,19H,2,11,13-15H2,1H3/b10-9-,17-3+/t19-,20+/m1/s1. The van der Waals surface area contributed by atoms with E-state index >= 15 is 0 Å². The number of hydrogen-bond donors (Lipinski definition) is 0. The van der Waals surface area contributed by atoms with E-state index in [2.05, 4.69) is 47.9 Å². The van der Waals surface area contributed by atoms with Crippen molar-refractivity contribution >= 4 is 0 Å². The minimum atomic E-state index is 0.263. The predicted molar refractivity (Wildman–Crippen MR) is 89.9 cm³/mol. The Morgan fingerprint density at radius 3 is 2.86 bits per heavy atom. The first kappa shape index (κ1) is 14.8. The molecule has 0 aromatic heterocycles. The fourth-order valence-corrected chi connectivity index (χ4v) is 3.60. The van der Waals surface area contributed by atoms with Crippen molar-refractivity contribution in [2.24, 2.45) is 11.3 Å². The van der Waals surface area contributed by atoms with Crippen molar-refractivity contribution in [3.8, 4) is 6.07 Å². The number of benzene rings is 1. The molecule has 0 spiro atoms. The molecule has 0 N–H and O–H groups in total. The summed E-state index contributed by atoms with van der Waals surface area (Å²) in [7, 11) is 0. The van der Waals surface area contributed by atoms with Crippen LogP contribution in [-0.2, 0) is 6.54 Å². The zero-order valence-corrected chi connectivity index (χ0v) is 13.1. The third-order valence-electron chi connectivity index (χ3n) is 5.01. The molecule has 1 saturated carbocycles. The molecule has 1 saturated heterocycles. The Morgan fingerprint density at radius 2 is 2.18 bits per heavy atom. The number of likely N-dealkylation sites (tertiary alicyclic amines) is 1. The Morgan fingerprint density at radius 1 is 1.41 bits per heavy atom. The lowest BCUT2D eigenvalue weighted by Gasteiger charge is -2.21. The lowest BCUT2D eigenvalue weighted by molar-refractivity contribution is 0.283. The highest BCUT2D eigenvalue weighted by Crippen LogP contribution is 2.62. The van der Waals surface area contributed by atoms with Crippen molar-refractivity contribution in [3.05, 3.63) is 71.8 Å². The summed E-state index contributed by atoms with van der Waals surface area (Å²) >= 11 is 0. The maximum Gasteiger partial charge on any atom is 0.0988 e. The summed E-state index contributed by atoms with van der Waals surface area (Å²) in [6, 6.07) is 12.8. The second kappa shape index (κ2) is 5.94. The van der Waals surface area contributed by atoms with Crippen molar-refractivity contribution in [2.75, 3.05) is 13.1 Å². The van der Waals surface area contributed by atoms with E-state index < -0.39 is 0 Å². The Labute approximate surface area is 133 Å². The molecule has 2 atom stereocenters. The zero-order valence-electron chi connectivity index (χ0n) is 13.1. The molecule has 0 bridgehead atoms. The minimum Gasteiger partial charge on any atom is -0.298 e. The predicted octanol–water partition coefficient (Wildman–Crippen LogP) is 4.09. The van der Waals surface area contributed by atoms with Crippen LogP contribution in [0.3, 0.4) is 0 Å². The number of nitriles is 1. The van der Waals surface area contributed by atoms with E-state index in [1.54, 1.807) is 0 Å². The molecule has 22 heavy (non-hydrogen) atoms. The molecule has 2 nitrogen and oxygen atoms in total. The summed E-state index contributed by atoms with van der Waals surface area (Å²) in [6.45, 7) is 9.45. The summed E-state index contributed by atoms with van der Waals surface area (Å²) in [5.41, 5.74) is 3.52. The van der Waals surface area contributed by atoms with Gasteiger partial charge in [0.15, 0.2) is 0 Å². The highest BCUT2D eigenvalue weighted by Gasteiger charge is 2.60. The summed E-state index contributed by atoms with van der Waals surface area (Å²) in [6.07, 6.45) is 7.03. The summed E-state index contributed by atoms with van der Waals surface area (Å²) in [5, 5.41) is 8.98. The highest BCUT2D eigenvalue weighted by molar-refractivity contribution is 5.41. The summed E-state index contributed by atoms with van der Waals surface area (Å²) in [4.78, 5) is 2.53. The molecule has 1 heterocycles. The highest BCUT2D eigenvalue weighted by atomic mass is 15.2. The number of piperidine rings is 1. The minimum absolute atomic E-state index is 0.263. The number of rotatable bonds is 5. The van der Waals surface area contributed by atoms with E-state index in [1.807, 2.05) is 25.2 Å². The van der Waals surface area contributed by atoms with Crippen molar-refractivity contribution in [3.63, 3.8) is 0 Å². The number of nitrogens with zero attached hydrogens (tertiary/aromatic N) is 2. The summed E-state index contributed by atoms with van der Waals surface area (Å²) < 4.78 is 0. The molecule has 1 aromatic carbocycles. The second-order valence-electron chi connectivity index (χ2n) is 6.43. The van der Waals surface area contributed by atoms with Gasteiger partial charge in [0.2, 0.25) is 0 Å². The van der Waals surface area contributed by atoms with E-state index in [0.29, 0.717) is 5.57 Å². The largest absolute Gasteiger partial charge is 0.298 e. The zero-order chi connectivity index (χ0) is 15.6. The normalized spacial score (nSPS) is 27.6. The van der Waals surface area contributed by atoms with Crippen LogP contribution < -0.4 is 0 Å². The molecule has 2 heteroatoms. The van der Waals surface area contributed by atoms with E-state index in [1.165, 1.54) is 17.6 Å². The van der Waals surface area contributed by atoms with Crippen LogP contribution in [0.1, 0.15) is 18.9 Å². The van der Waals surface area contributed by atoms with Crippen LogP contribution in [0, 0.1) is 22.7 Å². The fraction of sp³-hybridized carbons (Fsp3) is 0.350. The van der Waals surface area contributed by atoms with E-state index in [4.69, 9.17) is 5.26 Å². The van der Waals surface area contributed by atoms with Gasteiger partial charge in [-0.3, -0.25) is 4.90 Å². The third-order valence-corrected chi connectivity index (χ3v) is 5.01. The van der Waals surface area contributed by atoms with Gasteiger partial charge in [-0.1, -0.05) is 49.1 Å². The van der Waals surface area contributed by atoms with Gasteiger partial charge in [0.25, 0.3) is 0 Å². The molecular formula is C20H22N2. The topological polar surface area (TPSA) is 27.0 Å². The second-order valence-corrected chi connectivity index (χ2v) is 6.43. The van der Waals surface area contributed by atoms with Crippen LogP contribution >= 0.6 is 0 Å². The van der Waals surface area contributed by atoms with Crippen molar-refractivity contribution < 1.29 is 0 Å². The fourth-order valence-electron chi connectivity index (χ4n) is 3.60. The van der Waals surface area contributed by atoms with E-state index in [9.17, 15) is 0 Å². The third kappa shape index (κ3) is 2.77. The molecule has 112 valence electrons. The molecule has 1 aromatic rings. The Balaban J connectivity index is 1.63. The lowest BCUT2D eigenvalue weighted by Crippen LogP contribution is -2.25. The monoisotopic (exact) mass is 290 g/mol. The maximum atomic E-state index is 8.98. The van der Waals surface area contributed by atoms with Crippen LogP contribution in [0.4, 0.5) is 0 Å². The van der Waals surface area contributed by atoms with Crippen LogP contribution in [0.5, 0.6) is 0 Å². The van der Waals surface area contributed by atoms with Crippen LogP contribution in [0.15, 0.2) is 66.3 Å². The van der Waals surface area contributed by atoms with Gasteiger partial charge in [-0.05, 0) is 36.5 Å². The molecular weight excluding hydrogens is 268 g/mol. The van der Waals surface area contributed by atoms with Gasteiger partial charge >= 0.3 is 0 Å². The molecule has 2 aliphatic rings. The van der Waals surface area contributed by atoms with Gasteiger partial charge < -0.3 is 0 Å². The number of fused-ring (bicyclic) bond motifs is 1. The molecule has 0 radical (unpaired) electrons. The average molecular weight is 290 g/mol. The molecule has 3 rings (SSSR count). The molecule has 0 unspecified atom stereocenters. The molecule has 0 amide bonds. The van der Waals surface area contributed by atoms with Crippen molar-refractivity contribution in [1.82, 2.24) is 4.90 Å². The first-order valence-corrected chi connectivity index (χ1v) is 7.88.